The van der Waals surface area contributed by atoms with Crippen molar-refractivity contribution < 1.29 is 0 Å². The van der Waals surface area contributed by atoms with Gasteiger partial charge in [0.2, 0.25) is 0 Å². The topological polar surface area (TPSA) is 34.9 Å². The number of halogens is 1. The maximum absolute atomic E-state index is 12.2. The van der Waals surface area contributed by atoms with Gasteiger partial charge >= 0.3 is 0 Å². The molecule has 1 aliphatic heterocycles. The van der Waals surface area contributed by atoms with E-state index < -0.39 is 0 Å². The van der Waals surface area contributed by atoms with Gasteiger partial charge < -0.3 is 0 Å². The number of hydrogen-bond donors (Lipinski definition) is 0. The van der Waals surface area contributed by atoms with Crippen LogP contribution in [0.15, 0.2) is 27.5 Å². The maximum Gasteiger partial charge on any atom is 0.261 e. The quantitative estimate of drug-likeness (QED) is 0.740. The Hall–Kier alpha value is -1.16. The first kappa shape index (κ1) is 8.93. The van der Waals surface area contributed by atoms with Crippen molar-refractivity contribution in [1.29, 1.82) is 0 Å². The van der Waals surface area contributed by atoms with Gasteiger partial charge in [-0.05, 0) is 30.5 Å². The highest BCUT2D eigenvalue weighted by atomic mass is 79.9. The minimum atomic E-state index is 0.125. The summed E-state index contributed by atoms with van der Waals surface area (Å²) >= 11 is 3.41. The molecule has 0 N–H and O–H groups in total. The molecule has 2 aromatic rings. The van der Waals surface area contributed by atoms with E-state index in [2.05, 4.69) is 20.9 Å². The molecule has 16 heavy (non-hydrogen) atoms. The average Bonchev–Trinajstić information content (AvgIpc) is 2.94. The highest BCUT2D eigenvalue weighted by Gasteiger charge is 2.47. The molecule has 1 saturated carbocycles. The molecule has 4 rings (SSSR count). The molecule has 0 spiro atoms. The standard InChI is InChI=1S/C12H9BrN2O/c13-7-1-2-8-10(4-7)14-11-9-3-6(9)5-15(11)12(8)16/h1-2,4,6,9H,3,5H2/t6-,9+/m1/s1. The first-order valence-corrected chi connectivity index (χ1v) is 6.23. The molecule has 0 radical (unpaired) electrons. The molecule has 1 fully saturated rings. The molecule has 2 atom stereocenters. The molecule has 3 nitrogen and oxygen atoms in total. The Morgan fingerprint density at radius 2 is 2.31 bits per heavy atom. The van der Waals surface area contributed by atoms with Gasteiger partial charge in [-0.1, -0.05) is 15.9 Å². The average molecular weight is 277 g/mol. The van der Waals surface area contributed by atoms with Gasteiger partial charge in [0.05, 0.1) is 10.9 Å². The van der Waals surface area contributed by atoms with Crippen LogP contribution in [0.3, 0.4) is 0 Å². The van der Waals surface area contributed by atoms with E-state index in [9.17, 15) is 4.79 Å². The predicted octanol–water partition coefficient (Wildman–Crippen LogP) is 2.28. The Bertz CT molecular complexity index is 677. The van der Waals surface area contributed by atoms with E-state index in [0.717, 1.165) is 27.7 Å². The van der Waals surface area contributed by atoms with Crippen LogP contribution in [0.25, 0.3) is 10.9 Å². The summed E-state index contributed by atoms with van der Waals surface area (Å²) in [4.78, 5) is 16.8. The van der Waals surface area contributed by atoms with Crippen LogP contribution in [0.4, 0.5) is 0 Å². The molecular formula is C12H9BrN2O. The van der Waals surface area contributed by atoms with E-state index in [1.54, 1.807) is 0 Å². The van der Waals surface area contributed by atoms with Crippen LogP contribution in [-0.2, 0) is 6.54 Å². The summed E-state index contributed by atoms with van der Waals surface area (Å²) in [6.07, 6.45) is 1.21. The zero-order chi connectivity index (χ0) is 10.9. The van der Waals surface area contributed by atoms with Crippen LogP contribution in [0.1, 0.15) is 18.2 Å². The van der Waals surface area contributed by atoms with Gasteiger partial charge in [0.25, 0.3) is 5.56 Å². The van der Waals surface area contributed by atoms with E-state index in [4.69, 9.17) is 0 Å². The molecule has 4 heteroatoms. The number of rotatable bonds is 0. The van der Waals surface area contributed by atoms with Crippen LogP contribution in [-0.4, -0.2) is 9.55 Å². The summed E-state index contributed by atoms with van der Waals surface area (Å²) in [5.74, 6) is 2.23. The minimum Gasteiger partial charge on any atom is -0.296 e. The van der Waals surface area contributed by atoms with Crippen molar-refractivity contribution in [2.45, 2.75) is 18.9 Å². The summed E-state index contributed by atoms with van der Waals surface area (Å²) in [5.41, 5.74) is 0.942. The summed E-state index contributed by atoms with van der Waals surface area (Å²) in [6.45, 7) is 0.873. The van der Waals surface area contributed by atoms with Gasteiger partial charge in [-0.15, -0.1) is 0 Å². The molecule has 1 aromatic heterocycles. The van der Waals surface area contributed by atoms with Crippen molar-refractivity contribution in [2.75, 3.05) is 0 Å². The van der Waals surface area contributed by atoms with E-state index in [-0.39, 0.29) is 5.56 Å². The Morgan fingerprint density at radius 3 is 3.19 bits per heavy atom. The lowest BCUT2D eigenvalue weighted by atomic mass is 10.2. The third-order valence-electron chi connectivity index (χ3n) is 3.62. The van der Waals surface area contributed by atoms with Gasteiger partial charge in [0.1, 0.15) is 5.82 Å². The largest absolute Gasteiger partial charge is 0.296 e. The summed E-state index contributed by atoms with van der Waals surface area (Å²) in [6, 6.07) is 5.67. The summed E-state index contributed by atoms with van der Waals surface area (Å²) < 4.78 is 2.83. The highest BCUT2D eigenvalue weighted by Crippen LogP contribution is 2.52. The molecule has 1 aromatic carbocycles. The second-order valence-corrected chi connectivity index (χ2v) is 5.57. The second kappa shape index (κ2) is 2.74. The summed E-state index contributed by atoms with van der Waals surface area (Å²) in [5, 5.41) is 0.730. The van der Waals surface area contributed by atoms with Gasteiger partial charge in [-0.3, -0.25) is 9.36 Å². The third-order valence-corrected chi connectivity index (χ3v) is 4.11. The van der Waals surface area contributed by atoms with Gasteiger partial charge in [-0.25, -0.2) is 4.98 Å². The molecule has 0 saturated heterocycles. The van der Waals surface area contributed by atoms with Crippen molar-refractivity contribution >= 4 is 26.8 Å². The highest BCUT2D eigenvalue weighted by molar-refractivity contribution is 9.10. The zero-order valence-electron chi connectivity index (χ0n) is 8.48. The van der Waals surface area contributed by atoms with Crippen molar-refractivity contribution in [2.24, 2.45) is 5.92 Å². The van der Waals surface area contributed by atoms with Crippen molar-refractivity contribution in [3.63, 3.8) is 0 Å². The van der Waals surface area contributed by atoms with Crippen LogP contribution in [0, 0.1) is 5.92 Å². The fourth-order valence-electron chi connectivity index (χ4n) is 2.67. The molecule has 2 heterocycles. The molecule has 0 bridgehead atoms. The zero-order valence-corrected chi connectivity index (χ0v) is 10.1. The van der Waals surface area contributed by atoms with E-state index in [1.165, 1.54) is 6.42 Å². The van der Waals surface area contributed by atoms with E-state index in [1.807, 2.05) is 22.8 Å². The normalized spacial score (nSPS) is 25.6. The lowest BCUT2D eigenvalue weighted by Gasteiger charge is -2.07. The fraction of sp³-hybridized carbons (Fsp3) is 0.333. The van der Waals surface area contributed by atoms with Crippen LogP contribution in [0.2, 0.25) is 0 Å². The van der Waals surface area contributed by atoms with E-state index in [0.29, 0.717) is 11.8 Å². The van der Waals surface area contributed by atoms with Crippen molar-refractivity contribution in [3.8, 4) is 0 Å². The van der Waals surface area contributed by atoms with Gasteiger partial charge in [0.15, 0.2) is 0 Å². The smallest absolute Gasteiger partial charge is 0.261 e. The Kier molecular flexibility index (Phi) is 1.53. The second-order valence-electron chi connectivity index (χ2n) is 4.65. The third kappa shape index (κ3) is 1.03. The molecular weight excluding hydrogens is 268 g/mol. The molecule has 80 valence electrons. The van der Waals surface area contributed by atoms with Crippen LogP contribution >= 0.6 is 15.9 Å². The Labute approximate surface area is 100 Å². The minimum absolute atomic E-state index is 0.125. The number of benzene rings is 1. The Balaban J connectivity index is 2.14. The Morgan fingerprint density at radius 1 is 1.44 bits per heavy atom. The van der Waals surface area contributed by atoms with Gasteiger partial charge in [0, 0.05) is 16.9 Å². The lowest BCUT2D eigenvalue weighted by Crippen LogP contribution is -2.22. The lowest BCUT2D eigenvalue weighted by molar-refractivity contribution is 0.642. The predicted molar refractivity (Wildman–Crippen MR) is 64.6 cm³/mol. The SMILES string of the molecule is O=c1c2ccc(Br)cc2nc2n1C[C@H]1C[C@H]21. The monoisotopic (exact) mass is 276 g/mol. The summed E-state index contributed by atoms with van der Waals surface area (Å²) in [7, 11) is 0. The van der Waals surface area contributed by atoms with Crippen molar-refractivity contribution in [3.05, 3.63) is 38.9 Å². The molecule has 2 aliphatic rings. The van der Waals surface area contributed by atoms with Crippen LogP contribution in [0.5, 0.6) is 0 Å². The molecule has 0 unspecified atom stereocenters. The van der Waals surface area contributed by atoms with Gasteiger partial charge in [-0.2, -0.15) is 0 Å². The molecule has 0 amide bonds. The number of fused-ring (bicyclic) bond motifs is 4. The number of aromatic nitrogens is 2. The number of hydrogen-bond acceptors (Lipinski definition) is 2. The molecule has 1 aliphatic carbocycles. The first-order chi connectivity index (χ1) is 7.74. The van der Waals surface area contributed by atoms with Crippen molar-refractivity contribution in [1.82, 2.24) is 9.55 Å². The first-order valence-electron chi connectivity index (χ1n) is 5.44. The fourth-order valence-corrected chi connectivity index (χ4v) is 3.02. The maximum atomic E-state index is 12.2. The van der Waals surface area contributed by atoms with E-state index >= 15 is 0 Å². The number of nitrogens with zero attached hydrogens (tertiary/aromatic N) is 2. The van der Waals surface area contributed by atoms with Crippen LogP contribution < -0.4 is 5.56 Å².